The van der Waals surface area contributed by atoms with E-state index in [2.05, 4.69) is 15.3 Å². The number of rotatable bonds is 5. The molecule has 122 valence electrons. The molecule has 2 rings (SSSR count). The van der Waals surface area contributed by atoms with E-state index in [0.717, 1.165) is 0 Å². The van der Waals surface area contributed by atoms with Gasteiger partial charge in [0.1, 0.15) is 11.5 Å². The van der Waals surface area contributed by atoms with Gasteiger partial charge in [0.2, 0.25) is 5.91 Å². The van der Waals surface area contributed by atoms with Crippen molar-refractivity contribution in [1.29, 1.82) is 0 Å². The average Bonchev–Trinajstić information content (AvgIpc) is 2.51. The highest BCUT2D eigenvalue weighted by Crippen LogP contribution is 2.29. The lowest BCUT2D eigenvalue weighted by Crippen LogP contribution is -2.29. The highest BCUT2D eigenvalue weighted by molar-refractivity contribution is 5.93. The van der Waals surface area contributed by atoms with Gasteiger partial charge in [0.15, 0.2) is 0 Å². The summed E-state index contributed by atoms with van der Waals surface area (Å²) in [6.07, 6.45) is -0.173. The van der Waals surface area contributed by atoms with Crippen LogP contribution in [0.25, 0.3) is 0 Å². The van der Waals surface area contributed by atoms with Crippen LogP contribution >= 0.6 is 0 Å². The number of ether oxygens (including phenoxy) is 2. The summed E-state index contributed by atoms with van der Waals surface area (Å²) in [4.78, 5) is 39.6. The second-order valence-corrected chi connectivity index (χ2v) is 4.80. The minimum atomic E-state index is -0.603. The molecule has 23 heavy (non-hydrogen) atoms. The molecule has 0 saturated heterocycles. The molecule has 0 aliphatic heterocycles. The summed E-state index contributed by atoms with van der Waals surface area (Å²) in [5.74, 6) is 0.617. The van der Waals surface area contributed by atoms with Crippen LogP contribution in [0.15, 0.2) is 27.8 Å². The number of aryl methyl sites for hydroxylation is 1. The summed E-state index contributed by atoms with van der Waals surface area (Å²) in [7, 11) is 3.00. The molecule has 0 atom stereocenters. The Hall–Kier alpha value is -3.03. The molecule has 0 saturated carbocycles. The summed E-state index contributed by atoms with van der Waals surface area (Å²) in [6, 6.07) is 4.95. The maximum atomic E-state index is 12.2. The number of benzene rings is 1. The van der Waals surface area contributed by atoms with Crippen LogP contribution in [0.2, 0.25) is 0 Å². The Morgan fingerprint density at radius 2 is 1.91 bits per heavy atom. The van der Waals surface area contributed by atoms with Gasteiger partial charge < -0.3 is 19.8 Å². The van der Waals surface area contributed by atoms with Gasteiger partial charge in [-0.2, -0.15) is 0 Å². The number of anilines is 1. The van der Waals surface area contributed by atoms with Crippen LogP contribution in [0.3, 0.4) is 0 Å². The second-order valence-electron chi connectivity index (χ2n) is 4.80. The van der Waals surface area contributed by atoms with Gasteiger partial charge in [0, 0.05) is 17.3 Å². The first kappa shape index (κ1) is 16.3. The highest BCUT2D eigenvalue weighted by atomic mass is 16.5. The van der Waals surface area contributed by atoms with Gasteiger partial charge in [0.25, 0.3) is 5.56 Å². The summed E-state index contributed by atoms with van der Waals surface area (Å²) >= 11 is 0. The first-order chi connectivity index (χ1) is 10.9. The minimum Gasteiger partial charge on any atom is -0.497 e. The van der Waals surface area contributed by atoms with Gasteiger partial charge in [-0.3, -0.25) is 14.6 Å². The number of amides is 1. The molecule has 8 nitrogen and oxygen atoms in total. The van der Waals surface area contributed by atoms with Crippen molar-refractivity contribution >= 4 is 11.6 Å². The van der Waals surface area contributed by atoms with E-state index in [1.54, 1.807) is 25.1 Å². The molecule has 1 aromatic heterocycles. The lowest BCUT2D eigenvalue weighted by molar-refractivity contribution is -0.115. The van der Waals surface area contributed by atoms with Crippen molar-refractivity contribution in [3.63, 3.8) is 0 Å². The third-order valence-corrected chi connectivity index (χ3v) is 3.27. The third-order valence-electron chi connectivity index (χ3n) is 3.27. The molecule has 2 aromatic rings. The van der Waals surface area contributed by atoms with Crippen molar-refractivity contribution in [3.05, 3.63) is 50.3 Å². The predicted molar refractivity (Wildman–Crippen MR) is 84.3 cm³/mol. The normalized spacial score (nSPS) is 10.2. The highest BCUT2D eigenvalue weighted by Gasteiger charge is 2.13. The van der Waals surface area contributed by atoms with Crippen LogP contribution < -0.4 is 26.0 Å². The SMILES string of the molecule is COc1ccc(NC(=O)Cc2c(C)[nH]c(=O)[nH]c2=O)c(OC)c1. The Morgan fingerprint density at radius 1 is 1.17 bits per heavy atom. The molecular weight excluding hydrogens is 302 g/mol. The number of hydrogen-bond donors (Lipinski definition) is 3. The van der Waals surface area contributed by atoms with Crippen LogP contribution in [-0.4, -0.2) is 30.1 Å². The first-order valence-corrected chi connectivity index (χ1v) is 6.78. The molecule has 1 heterocycles. The van der Waals surface area contributed by atoms with Gasteiger partial charge in [0.05, 0.1) is 26.3 Å². The average molecular weight is 319 g/mol. The Kier molecular flexibility index (Phi) is 4.85. The zero-order valence-corrected chi connectivity index (χ0v) is 13.0. The zero-order chi connectivity index (χ0) is 17.0. The Labute approximate surface area is 131 Å². The number of aromatic amines is 2. The lowest BCUT2D eigenvalue weighted by Gasteiger charge is -2.12. The van der Waals surface area contributed by atoms with E-state index in [0.29, 0.717) is 22.9 Å². The van der Waals surface area contributed by atoms with Crippen molar-refractivity contribution in [1.82, 2.24) is 9.97 Å². The maximum absolute atomic E-state index is 12.2. The molecule has 1 aromatic carbocycles. The fourth-order valence-electron chi connectivity index (χ4n) is 2.10. The van der Waals surface area contributed by atoms with Crippen molar-refractivity contribution in [2.75, 3.05) is 19.5 Å². The molecule has 0 aliphatic rings. The van der Waals surface area contributed by atoms with E-state index in [9.17, 15) is 14.4 Å². The minimum absolute atomic E-state index is 0.173. The van der Waals surface area contributed by atoms with Crippen molar-refractivity contribution in [3.8, 4) is 11.5 Å². The number of carbonyl (C=O) groups is 1. The van der Waals surface area contributed by atoms with Crippen LogP contribution in [-0.2, 0) is 11.2 Å². The van der Waals surface area contributed by atoms with Gasteiger partial charge in [-0.15, -0.1) is 0 Å². The molecule has 0 spiro atoms. The molecule has 0 aliphatic carbocycles. The maximum Gasteiger partial charge on any atom is 0.325 e. The topological polar surface area (TPSA) is 113 Å². The lowest BCUT2D eigenvalue weighted by atomic mass is 10.1. The van der Waals surface area contributed by atoms with Crippen LogP contribution in [0.5, 0.6) is 11.5 Å². The van der Waals surface area contributed by atoms with Gasteiger partial charge in [-0.1, -0.05) is 0 Å². The van der Waals surface area contributed by atoms with E-state index in [1.165, 1.54) is 14.2 Å². The fraction of sp³-hybridized carbons (Fsp3) is 0.267. The number of methoxy groups -OCH3 is 2. The Balaban J connectivity index is 2.21. The number of aromatic nitrogens is 2. The monoisotopic (exact) mass is 319 g/mol. The van der Waals surface area contributed by atoms with Crippen molar-refractivity contribution in [2.45, 2.75) is 13.3 Å². The molecule has 1 amide bonds. The summed E-state index contributed by atoms with van der Waals surface area (Å²) < 4.78 is 10.3. The van der Waals surface area contributed by atoms with Crippen LogP contribution in [0, 0.1) is 6.92 Å². The summed E-state index contributed by atoms with van der Waals surface area (Å²) in [5, 5.41) is 2.67. The quantitative estimate of drug-likeness (QED) is 0.745. The first-order valence-electron chi connectivity index (χ1n) is 6.78. The molecule has 0 unspecified atom stereocenters. The third kappa shape index (κ3) is 3.79. The summed E-state index contributed by atoms with van der Waals surface area (Å²) in [6.45, 7) is 1.56. The van der Waals surface area contributed by atoms with Crippen LogP contribution in [0.4, 0.5) is 5.69 Å². The van der Waals surface area contributed by atoms with Crippen LogP contribution in [0.1, 0.15) is 11.3 Å². The van der Waals surface area contributed by atoms with E-state index < -0.39 is 17.2 Å². The zero-order valence-electron chi connectivity index (χ0n) is 13.0. The molecule has 8 heteroatoms. The molecule has 0 fully saturated rings. The Bertz CT molecular complexity index is 838. The van der Waals surface area contributed by atoms with E-state index in [-0.39, 0.29) is 12.0 Å². The second kappa shape index (κ2) is 6.82. The number of hydrogen-bond acceptors (Lipinski definition) is 5. The summed E-state index contributed by atoms with van der Waals surface area (Å²) in [5.41, 5.74) is -0.168. The van der Waals surface area contributed by atoms with Crippen molar-refractivity contribution < 1.29 is 14.3 Å². The molecule has 0 bridgehead atoms. The fourth-order valence-corrected chi connectivity index (χ4v) is 2.10. The van der Waals surface area contributed by atoms with Gasteiger partial charge in [-0.05, 0) is 19.1 Å². The Morgan fingerprint density at radius 3 is 2.52 bits per heavy atom. The standard InChI is InChI=1S/C15H17N3O5/c1-8-10(14(20)18-15(21)16-8)7-13(19)17-11-5-4-9(22-2)6-12(11)23-3/h4-6H,7H2,1-3H3,(H,17,19)(H2,16,18,20,21). The molecule has 0 radical (unpaired) electrons. The molecular formula is C15H17N3O5. The predicted octanol–water partition coefficient (Wildman–Crippen LogP) is 0.570. The van der Waals surface area contributed by atoms with E-state index >= 15 is 0 Å². The number of H-pyrrole nitrogens is 2. The number of carbonyl (C=O) groups excluding carboxylic acids is 1. The smallest absolute Gasteiger partial charge is 0.325 e. The van der Waals surface area contributed by atoms with E-state index in [4.69, 9.17) is 9.47 Å². The largest absolute Gasteiger partial charge is 0.497 e. The number of nitrogens with one attached hydrogen (secondary N) is 3. The van der Waals surface area contributed by atoms with E-state index in [1.807, 2.05) is 0 Å². The van der Waals surface area contributed by atoms with Crippen molar-refractivity contribution in [2.24, 2.45) is 0 Å². The van der Waals surface area contributed by atoms with Gasteiger partial charge >= 0.3 is 5.69 Å². The van der Waals surface area contributed by atoms with Gasteiger partial charge in [-0.25, -0.2) is 4.79 Å². The molecule has 3 N–H and O–H groups in total.